The van der Waals surface area contributed by atoms with E-state index >= 15 is 0 Å². The van der Waals surface area contributed by atoms with Gasteiger partial charge in [-0.05, 0) is 12.8 Å². The second-order valence-corrected chi connectivity index (χ2v) is 7.15. The zero-order valence-electron chi connectivity index (χ0n) is 14.5. The lowest BCUT2D eigenvalue weighted by molar-refractivity contribution is -0.148. The molecule has 128 valence electrons. The van der Waals surface area contributed by atoms with Crippen LogP contribution in [0.4, 0.5) is 0 Å². The summed E-state index contributed by atoms with van der Waals surface area (Å²) >= 11 is 0. The Bertz CT molecular complexity index is 588. The largest absolute Gasteiger partial charge is 0.381 e. The predicted octanol–water partition coefficient (Wildman–Crippen LogP) is 1.18. The van der Waals surface area contributed by atoms with Crippen LogP contribution in [0.2, 0.25) is 0 Å². The van der Waals surface area contributed by atoms with Gasteiger partial charge in [-0.15, -0.1) is 0 Å². The molecule has 2 N–H and O–H groups in total. The molecule has 6 nitrogen and oxygen atoms in total. The molecule has 1 aromatic rings. The molecule has 0 saturated carbocycles. The van der Waals surface area contributed by atoms with Gasteiger partial charge < -0.3 is 19.9 Å². The molecule has 0 spiro atoms. The molecule has 3 heterocycles. The SMILES string of the molecule is CC(C)c1nc2c(n1C)CCN(C(=O)C1(CN)CCOCC1)C2. The molecule has 23 heavy (non-hydrogen) atoms. The van der Waals surface area contributed by atoms with Gasteiger partial charge >= 0.3 is 0 Å². The molecule has 1 amide bonds. The maximum absolute atomic E-state index is 13.1. The summed E-state index contributed by atoms with van der Waals surface area (Å²) in [6, 6.07) is 0. The van der Waals surface area contributed by atoms with Gasteiger partial charge in [0.25, 0.3) is 0 Å². The smallest absolute Gasteiger partial charge is 0.230 e. The van der Waals surface area contributed by atoms with E-state index in [-0.39, 0.29) is 5.91 Å². The van der Waals surface area contributed by atoms with Crippen molar-refractivity contribution in [2.75, 3.05) is 26.3 Å². The predicted molar refractivity (Wildman–Crippen MR) is 88.0 cm³/mol. The second kappa shape index (κ2) is 6.24. The van der Waals surface area contributed by atoms with Crippen molar-refractivity contribution in [2.24, 2.45) is 18.2 Å². The van der Waals surface area contributed by atoms with Gasteiger partial charge in [0.1, 0.15) is 5.82 Å². The summed E-state index contributed by atoms with van der Waals surface area (Å²) in [5.41, 5.74) is 7.87. The first-order valence-corrected chi connectivity index (χ1v) is 8.60. The van der Waals surface area contributed by atoms with Crippen LogP contribution in [0.25, 0.3) is 0 Å². The normalized spacial score (nSPS) is 20.7. The number of fused-ring (bicyclic) bond motifs is 1. The topological polar surface area (TPSA) is 73.4 Å². The summed E-state index contributed by atoms with van der Waals surface area (Å²) in [7, 11) is 2.08. The molecular formula is C17H28N4O2. The zero-order chi connectivity index (χ0) is 16.6. The van der Waals surface area contributed by atoms with Crippen molar-refractivity contribution in [1.82, 2.24) is 14.5 Å². The number of carbonyl (C=O) groups is 1. The first-order valence-electron chi connectivity index (χ1n) is 8.60. The molecule has 2 aliphatic heterocycles. The van der Waals surface area contributed by atoms with Gasteiger partial charge in [-0.25, -0.2) is 4.98 Å². The van der Waals surface area contributed by atoms with E-state index < -0.39 is 5.41 Å². The van der Waals surface area contributed by atoms with Gasteiger partial charge in [-0.3, -0.25) is 4.79 Å². The highest BCUT2D eigenvalue weighted by Crippen LogP contribution is 2.33. The lowest BCUT2D eigenvalue weighted by Crippen LogP contribution is -2.52. The van der Waals surface area contributed by atoms with Crippen molar-refractivity contribution < 1.29 is 9.53 Å². The third kappa shape index (κ3) is 2.78. The first-order chi connectivity index (χ1) is 11.0. The monoisotopic (exact) mass is 320 g/mol. The fourth-order valence-corrected chi connectivity index (χ4v) is 3.84. The minimum Gasteiger partial charge on any atom is -0.381 e. The highest BCUT2D eigenvalue weighted by atomic mass is 16.5. The number of ether oxygens (including phenoxy) is 1. The molecule has 1 saturated heterocycles. The Hall–Kier alpha value is -1.40. The maximum Gasteiger partial charge on any atom is 0.230 e. The minimum absolute atomic E-state index is 0.186. The van der Waals surface area contributed by atoms with Gasteiger partial charge in [0, 0.05) is 51.4 Å². The third-order valence-corrected chi connectivity index (χ3v) is 5.39. The number of imidazole rings is 1. The second-order valence-electron chi connectivity index (χ2n) is 7.15. The van der Waals surface area contributed by atoms with E-state index in [4.69, 9.17) is 15.5 Å². The first kappa shape index (κ1) is 16.5. The average Bonchev–Trinajstić information content (AvgIpc) is 2.91. The van der Waals surface area contributed by atoms with Crippen LogP contribution in [0.5, 0.6) is 0 Å². The Morgan fingerprint density at radius 2 is 2.09 bits per heavy atom. The molecule has 2 aliphatic rings. The molecule has 3 rings (SSSR count). The summed E-state index contributed by atoms with van der Waals surface area (Å²) in [6.45, 7) is 7.33. The van der Waals surface area contributed by atoms with Gasteiger partial charge in [0.15, 0.2) is 0 Å². The fourth-order valence-electron chi connectivity index (χ4n) is 3.84. The van der Waals surface area contributed by atoms with E-state index in [2.05, 4.69) is 25.5 Å². The number of nitrogens with two attached hydrogens (primary N) is 1. The van der Waals surface area contributed by atoms with Gasteiger partial charge in [0.05, 0.1) is 17.7 Å². The third-order valence-electron chi connectivity index (χ3n) is 5.39. The molecule has 0 aromatic carbocycles. The van der Waals surface area contributed by atoms with Crippen molar-refractivity contribution in [2.45, 2.75) is 45.6 Å². The molecule has 0 atom stereocenters. The summed E-state index contributed by atoms with van der Waals surface area (Å²) in [5.74, 6) is 1.68. The summed E-state index contributed by atoms with van der Waals surface area (Å²) in [6.07, 6.45) is 2.32. The van der Waals surface area contributed by atoms with E-state index in [1.165, 1.54) is 5.69 Å². The highest BCUT2D eigenvalue weighted by molar-refractivity contribution is 5.83. The number of aromatic nitrogens is 2. The van der Waals surface area contributed by atoms with Crippen LogP contribution in [0.1, 0.15) is 49.8 Å². The van der Waals surface area contributed by atoms with Gasteiger partial charge in [0.2, 0.25) is 5.91 Å². The van der Waals surface area contributed by atoms with Crippen LogP contribution in [-0.2, 0) is 29.5 Å². The van der Waals surface area contributed by atoms with E-state index in [1.807, 2.05) is 4.90 Å². The lowest BCUT2D eigenvalue weighted by Gasteiger charge is -2.40. The Kier molecular flexibility index (Phi) is 4.47. The number of carbonyl (C=O) groups excluding carboxylic acids is 1. The zero-order valence-corrected chi connectivity index (χ0v) is 14.5. The number of hydrogen-bond acceptors (Lipinski definition) is 4. The van der Waals surface area contributed by atoms with Crippen LogP contribution in [0.3, 0.4) is 0 Å². The maximum atomic E-state index is 13.1. The van der Waals surface area contributed by atoms with E-state index in [0.717, 1.165) is 37.3 Å². The minimum atomic E-state index is -0.439. The molecule has 0 aliphatic carbocycles. The number of rotatable bonds is 3. The van der Waals surface area contributed by atoms with Crippen LogP contribution in [0.15, 0.2) is 0 Å². The van der Waals surface area contributed by atoms with Crippen molar-refractivity contribution in [3.8, 4) is 0 Å². The number of nitrogens with zero attached hydrogens (tertiary/aromatic N) is 3. The molecule has 6 heteroatoms. The summed E-state index contributed by atoms with van der Waals surface area (Å²) in [4.78, 5) is 19.8. The number of hydrogen-bond donors (Lipinski definition) is 1. The number of amides is 1. The molecule has 0 bridgehead atoms. The fraction of sp³-hybridized carbons (Fsp3) is 0.765. The molecule has 0 unspecified atom stereocenters. The van der Waals surface area contributed by atoms with Crippen molar-refractivity contribution in [3.63, 3.8) is 0 Å². The summed E-state index contributed by atoms with van der Waals surface area (Å²) in [5, 5.41) is 0. The van der Waals surface area contributed by atoms with Crippen LogP contribution in [0, 0.1) is 5.41 Å². The van der Waals surface area contributed by atoms with E-state index in [9.17, 15) is 4.79 Å². The van der Waals surface area contributed by atoms with Crippen LogP contribution >= 0.6 is 0 Å². The van der Waals surface area contributed by atoms with Crippen molar-refractivity contribution >= 4 is 5.91 Å². The Labute approximate surface area is 138 Å². The molecule has 1 fully saturated rings. The molecule has 0 radical (unpaired) electrons. The standard InChI is InChI=1S/C17H28N4O2/c1-12(2)15-19-13-10-21(7-4-14(13)20(15)3)16(22)17(11-18)5-8-23-9-6-17/h12H,4-11,18H2,1-3H3. The van der Waals surface area contributed by atoms with E-state index in [0.29, 0.717) is 32.2 Å². The summed E-state index contributed by atoms with van der Waals surface area (Å²) < 4.78 is 7.63. The Morgan fingerprint density at radius 1 is 1.39 bits per heavy atom. The molecule has 1 aromatic heterocycles. The Balaban J connectivity index is 1.81. The highest BCUT2D eigenvalue weighted by Gasteiger charge is 2.42. The quantitative estimate of drug-likeness (QED) is 0.908. The average molecular weight is 320 g/mol. The lowest BCUT2D eigenvalue weighted by atomic mass is 9.78. The Morgan fingerprint density at radius 3 is 2.70 bits per heavy atom. The van der Waals surface area contributed by atoms with Crippen LogP contribution in [-0.4, -0.2) is 46.7 Å². The van der Waals surface area contributed by atoms with Gasteiger partial charge in [-0.1, -0.05) is 13.8 Å². The van der Waals surface area contributed by atoms with E-state index in [1.54, 1.807) is 0 Å². The molecular weight excluding hydrogens is 292 g/mol. The van der Waals surface area contributed by atoms with Crippen molar-refractivity contribution in [3.05, 3.63) is 17.2 Å². The van der Waals surface area contributed by atoms with Crippen LogP contribution < -0.4 is 5.73 Å². The van der Waals surface area contributed by atoms with Crippen molar-refractivity contribution in [1.29, 1.82) is 0 Å². The van der Waals surface area contributed by atoms with Gasteiger partial charge in [-0.2, -0.15) is 0 Å².